The maximum Gasteiger partial charge on any atom is 0.162 e. The molecular weight excluding hydrogens is 214 g/mol. The Bertz CT molecular complexity index is 490. The smallest absolute Gasteiger partial charge is 0.162 e. The second kappa shape index (κ2) is 3.63. The summed E-state index contributed by atoms with van der Waals surface area (Å²) in [7, 11) is 0. The number of nitrogens with two attached hydrogens (primary N) is 1. The number of hydrogen-bond donors (Lipinski definition) is 1. The Hall–Kier alpha value is -1.00. The molecule has 4 heteroatoms. The van der Waals surface area contributed by atoms with E-state index in [0.717, 1.165) is 16.4 Å². The molecule has 72 valence electrons. The standard InChI is InChI=1S/C10H9NOS2/c1-13-6-2-3-8-7(4-6)10(11)9(5-12)14-8/h2-5H,11H2,1H3. The van der Waals surface area contributed by atoms with E-state index in [1.54, 1.807) is 11.8 Å². The van der Waals surface area contributed by atoms with Crippen molar-refractivity contribution in [2.24, 2.45) is 0 Å². The van der Waals surface area contributed by atoms with Crippen LogP contribution in [-0.2, 0) is 0 Å². The van der Waals surface area contributed by atoms with E-state index in [-0.39, 0.29) is 0 Å². The van der Waals surface area contributed by atoms with Crippen molar-refractivity contribution >= 4 is 45.2 Å². The van der Waals surface area contributed by atoms with Gasteiger partial charge in [0, 0.05) is 15.0 Å². The van der Waals surface area contributed by atoms with Gasteiger partial charge in [-0.2, -0.15) is 0 Å². The number of benzene rings is 1. The topological polar surface area (TPSA) is 43.1 Å². The van der Waals surface area contributed by atoms with Gasteiger partial charge in [-0.05, 0) is 24.5 Å². The lowest BCUT2D eigenvalue weighted by molar-refractivity contribution is 0.112. The van der Waals surface area contributed by atoms with Crippen LogP contribution < -0.4 is 5.73 Å². The predicted octanol–water partition coefficient (Wildman–Crippen LogP) is 3.02. The number of fused-ring (bicyclic) bond motifs is 1. The van der Waals surface area contributed by atoms with Crippen molar-refractivity contribution in [3.05, 3.63) is 23.1 Å². The third-order valence-electron chi connectivity index (χ3n) is 2.07. The number of thioether (sulfide) groups is 1. The fraction of sp³-hybridized carbons (Fsp3) is 0.100. The number of anilines is 1. The van der Waals surface area contributed by atoms with Crippen LogP contribution in [0.1, 0.15) is 9.67 Å². The zero-order chi connectivity index (χ0) is 10.1. The first kappa shape index (κ1) is 9.55. The molecule has 1 aromatic heterocycles. The largest absolute Gasteiger partial charge is 0.397 e. The SMILES string of the molecule is CSc1ccc2sc(C=O)c(N)c2c1. The Labute approximate surface area is 90.1 Å². The summed E-state index contributed by atoms with van der Waals surface area (Å²) in [4.78, 5) is 12.5. The molecule has 2 aromatic rings. The molecule has 2 nitrogen and oxygen atoms in total. The zero-order valence-corrected chi connectivity index (χ0v) is 9.24. The van der Waals surface area contributed by atoms with Gasteiger partial charge in [-0.3, -0.25) is 4.79 Å². The second-order valence-electron chi connectivity index (χ2n) is 2.86. The van der Waals surface area contributed by atoms with Crippen LogP contribution in [0, 0.1) is 0 Å². The first-order chi connectivity index (χ1) is 6.76. The fourth-order valence-corrected chi connectivity index (χ4v) is 2.69. The van der Waals surface area contributed by atoms with Crippen LogP contribution >= 0.6 is 23.1 Å². The third kappa shape index (κ3) is 1.40. The molecule has 1 aromatic carbocycles. The molecule has 0 bridgehead atoms. The van der Waals surface area contributed by atoms with Gasteiger partial charge in [-0.1, -0.05) is 0 Å². The number of nitrogen functional groups attached to an aromatic ring is 1. The monoisotopic (exact) mass is 223 g/mol. The quantitative estimate of drug-likeness (QED) is 0.628. The molecule has 14 heavy (non-hydrogen) atoms. The minimum Gasteiger partial charge on any atom is -0.397 e. The molecule has 0 spiro atoms. The van der Waals surface area contributed by atoms with Crippen LogP contribution in [0.15, 0.2) is 23.1 Å². The molecule has 1 heterocycles. The van der Waals surface area contributed by atoms with E-state index in [1.807, 2.05) is 24.5 Å². The summed E-state index contributed by atoms with van der Waals surface area (Å²) < 4.78 is 1.07. The highest BCUT2D eigenvalue weighted by Crippen LogP contribution is 2.34. The van der Waals surface area contributed by atoms with Crippen molar-refractivity contribution in [1.29, 1.82) is 0 Å². The number of rotatable bonds is 2. The van der Waals surface area contributed by atoms with E-state index in [4.69, 9.17) is 5.73 Å². The van der Waals surface area contributed by atoms with E-state index in [1.165, 1.54) is 16.2 Å². The molecule has 2 rings (SSSR count). The molecule has 2 N–H and O–H groups in total. The number of hydrogen-bond acceptors (Lipinski definition) is 4. The van der Waals surface area contributed by atoms with Crippen LogP contribution in [0.2, 0.25) is 0 Å². The van der Waals surface area contributed by atoms with E-state index in [9.17, 15) is 4.79 Å². The Kier molecular flexibility index (Phi) is 2.48. The van der Waals surface area contributed by atoms with Crippen molar-refractivity contribution in [1.82, 2.24) is 0 Å². The van der Waals surface area contributed by atoms with Crippen LogP contribution in [0.5, 0.6) is 0 Å². The summed E-state index contributed by atoms with van der Waals surface area (Å²) in [6, 6.07) is 6.07. The van der Waals surface area contributed by atoms with Crippen LogP contribution in [0.3, 0.4) is 0 Å². The maximum absolute atomic E-state index is 10.7. The molecule has 0 radical (unpaired) electrons. The summed E-state index contributed by atoms with van der Waals surface area (Å²) in [6.07, 6.45) is 2.84. The molecule has 0 amide bonds. The summed E-state index contributed by atoms with van der Waals surface area (Å²) in [5.41, 5.74) is 6.45. The lowest BCUT2D eigenvalue weighted by atomic mass is 10.2. The summed E-state index contributed by atoms with van der Waals surface area (Å²) in [5.74, 6) is 0. The van der Waals surface area contributed by atoms with Crippen LogP contribution in [-0.4, -0.2) is 12.5 Å². The average Bonchev–Trinajstić information content (AvgIpc) is 2.55. The number of carbonyl (C=O) groups is 1. The van der Waals surface area contributed by atoms with Crippen molar-refractivity contribution in [2.75, 3.05) is 12.0 Å². The molecular formula is C10H9NOS2. The summed E-state index contributed by atoms with van der Waals surface area (Å²) >= 11 is 3.11. The highest BCUT2D eigenvalue weighted by atomic mass is 32.2. The Balaban J connectivity index is 2.74. The van der Waals surface area contributed by atoms with Gasteiger partial charge in [-0.15, -0.1) is 23.1 Å². The van der Waals surface area contributed by atoms with Crippen LogP contribution in [0.25, 0.3) is 10.1 Å². The minimum absolute atomic E-state index is 0.607. The Morgan fingerprint density at radius 3 is 2.93 bits per heavy atom. The van der Waals surface area contributed by atoms with Crippen molar-refractivity contribution in [3.63, 3.8) is 0 Å². The molecule has 0 aliphatic carbocycles. The molecule has 0 atom stereocenters. The predicted molar refractivity (Wildman–Crippen MR) is 63.4 cm³/mol. The Morgan fingerprint density at radius 1 is 1.50 bits per heavy atom. The first-order valence-electron chi connectivity index (χ1n) is 4.07. The Morgan fingerprint density at radius 2 is 2.29 bits per heavy atom. The highest BCUT2D eigenvalue weighted by Gasteiger charge is 2.08. The molecule has 0 aliphatic rings. The van der Waals surface area contributed by atoms with Gasteiger partial charge in [0.25, 0.3) is 0 Å². The molecule has 0 saturated heterocycles. The van der Waals surface area contributed by atoms with Crippen LogP contribution in [0.4, 0.5) is 5.69 Å². The lowest BCUT2D eigenvalue weighted by Gasteiger charge is -1.96. The van der Waals surface area contributed by atoms with Gasteiger partial charge in [-0.25, -0.2) is 0 Å². The summed E-state index contributed by atoms with van der Waals surface area (Å²) in [5, 5.41) is 0.990. The van der Waals surface area contributed by atoms with Gasteiger partial charge in [0.1, 0.15) is 0 Å². The number of carbonyl (C=O) groups excluding carboxylic acids is 1. The van der Waals surface area contributed by atoms with Gasteiger partial charge in [0.15, 0.2) is 6.29 Å². The van der Waals surface area contributed by atoms with Gasteiger partial charge < -0.3 is 5.73 Å². The second-order valence-corrected chi connectivity index (χ2v) is 4.82. The van der Waals surface area contributed by atoms with Crippen molar-refractivity contribution in [2.45, 2.75) is 4.90 Å². The normalized spacial score (nSPS) is 10.6. The van der Waals surface area contributed by atoms with E-state index < -0.39 is 0 Å². The van der Waals surface area contributed by atoms with Gasteiger partial charge in [0.05, 0.1) is 10.6 Å². The fourth-order valence-electron chi connectivity index (χ4n) is 1.33. The first-order valence-corrected chi connectivity index (χ1v) is 6.11. The van der Waals surface area contributed by atoms with Gasteiger partial charge >= 0.3 is 0 Å². The van der Waals surface area contributed by atoms with E-state index in [0.29, 0.717) is 10.6 Å². The maximum atomic E-state index is 10.7. The van der Waals surface area contributed by atoms with Gasteiger partial charge in [0.2, 0.25) is 0 Å². The molecule has 0 aliphatic heterocycles. The number of thiophene rings is 1. The summed E-state index contributed by atoms with van der Waals surface area (Å²) in [6.45, 7) is 0. The minimum atomic E-state index is 0.607. The number of aldehydes is 1. The molecule has 0 fully saturated rings. The average molecular weight is 223 g/mol. The molecule has 0 saturated carbocycles. The van der Waals surface area contributed by atoms with Crippen molar-refractivity contribution in [3.8, 4) is 0 Å². The van der Waals surface area contributed by atoms with E-state index >= 15 is 0 Å². The van der Waals surface area contributed by atoms with Crippen molar-refractivity contribution < 1.29 is 4.79 Å². The highest BCUT2D eigenvalue weighted by molar-refractivity contribution is 7.98. The zero-order valence-electron chi connectivity index (χ0n) is 7.61. The lowest BCUT2D eigenvalue weighted by Crippen LogP contribution is -1.86. The third-order valence-corrected chi connectivity index (χ3v) is 3.91. The van der Waals surface area contributed by atoms with E-state index in [2.05, 4.69) is 0 Å². The molecule has 0 unspecified atom stereocenters.